The van der Waals surface area contributed by atoms with Crippen LogP contribution in [0.3, 0.4) is 0 Å². The summed E-state index contributed by atoms with van der Waals surface area (Å²) in [4.78, 5) is 0. The Labute approximate surface area is 78.2 Å². The third-order valence-electron chi connectivity index (χ3n) is 3.03. The molecular weight excluding hydrogens is 156 g/mol. The van der Waals surface area contributed by atoms with E-state index in [-0.39, 0.29) is 0 Å². The summed E-state index contributed by atoms with van der Waals surface area (Å²) >= 11 is 0. The van der Waals surface area contributed by atoms with Gasteiger partial charge in [0, 0.05) is 0 Å². The quantitative estimate of drug-likeness (QED) is 0.566. The molecule has 0 aliphatic heterocycles. The average Bonchev–Trinajstić information content (AvgIpc) is 2.06. The molecule has 0 radical (unpaired) electrons. The second-order valence-corrected chi connectivity index (χ2v) is 3.93. The number of hydrogen-bond donors (Lipinski definition) is 0. The molecule has 0 unspecified atom stereocenters. The summed E-state index contributed by atoms with van der Waals surface area (Å²) < 4.78 is 0. The van der Waals surface area contributed by atoms with E-state index >= 15 is 0 Å². The summed E-state index contributed by atoms with van der Waals surface area (Å²) in [5, 5.41) is 2.87. The van der Waals surface area contributed by atoms with Gasteiger partial charge in [0.2, 0.25) is 0 Å². The van der Waals surface area contributed by atoms with Crippen molar-refractivity contribution in [2.24, 2.45) is 0 Å². The minimum Gasteiger partial charge on any atom is -0.0587 e. The van der Waals surface area contributed by atoms with E-state index in [1.165, 1.54) is 29.2 Å². The van der Waals surface area contributed by atoms with Crippen LogP contribution in [0.1, 0.15) is 16.7 Å². The van der Waals surface area contributed by atoms with Crippen molar-refractivity contribution in [2.45, 2.75) is 19.8 Å². The average molecular weight is 168 g/mol. The lowest BCUT2D eigenvalue weighted by Gasteiger charge is -2.20. The molecule has 0 atom stereocenters. The van der Waals surface area contributed by atoms with Crippen molar-refractivity contribution in [3.05, 3.63) is 47.0 Å². The van der Waals surface area contributed by atoms with E-state index in [1.807, 2.05) is 0 Å². The highest BCUT2D eigenvalue weighted by Gasteiger charge is 2.15. The minimum atomic E-state index is 1.27. The van der Waals surface area contributed by atoms with Gasteiger partial charge < -0.3 is 0 Å². The fourth-order valence-corrected chi connectivity index (χ4v) is 2.17. The summed E-state index contributed by atoms with van der Waals surface area (Å²) in [5.41, 5.74) is 4.49. The van der Waals surface area contributed by atoms with E-state index < -0.39 is 0 Å². The molecule has 0 aromatic heterocycles. The van der Waals surface area contributed by atoms with Crippen LogP contribution in [0.2, 0.25) is 0 Å². The zero-order valence-corrected chi connectivity index (χ0v) is 7.80. The zero-order chi connectivity index (χ0) is 8.84. The predicted molar refractivity (Wildman–Crippen MR) is 56.1 cm³/mol. The van der Waals surface area contributed by atoms with Crippen molar-refractivity contribution in [3.63, 3.8) is 0 Å². The van der Waals surface area contributed by atoms with Crippen LogP contribution in [-0.2, 0) is 12.8 Å². The molecule has 0 saturated heterocycles. The number of fused-ring (bicyclic) bond motifs is 3. The number of rotatable bonds is 0. The maximum absolute atomic E-state index is 2.28. The van der Waals surface area contributed by atoms with Crippen LogP contribution >= 0.6 is 0 Å². The third-order valence-corrected chi connectivity index (χ3v) is 3.03. The summed E-state index contributed by atoms with van der Waals surface area (Å²) in [6, 6.07) is 11.3. The first-order chi connectivity index (χ1) is 6.34. The Morgan fingerprint density at radius 1 is 1.00 bits per heavy atom. The minimum absolute atomic E-state index is 1.27. The van der Waals surface area contributed by atoms with Crippen LogP contribution in [-0.4, -0.2) is 0 Å². The van der Waals surface area contributed by atoms with E-state index in [0.29, 0.717) is 0 Å². The topological polar surface area (TPSA) is 0 Å². The molecule has 2 aromatic rings. The molecule has 0 N–H and O–H groups in total. The van der Waals surface area contributed by atoms with Crippen LogP contribution in [0.4, 0.5) is 0 Å². The molecule has 0 fully saturated rings. The van der Waals surface area contributed by atoms with Crippen LogP contribution in [0.15, 0.2) is 30.3 Å². The predicted octanol–water partition coefficient (Wildman–Crippen LogP) is 3.25. The number of benzene rings is 2. The van der Waals surface area contributed by atoms with Crippen molar-refractivity contribution in [1.82, 2.24) is 0 Å². The maximum Gasteiger partial charge on any atom is -0.0149 e. The molecular formula is C13H12. The number of hydrogen-bond acceptors (Lipinski definition) is 0. The molecule has 2 aromatic carbocycles. The molecule has 0 saturated carbocycles. The molecule has 0 amide bonds. The van der Waals surface area contributed by atoms with E-state index in [1.54, 1.807) is 11.1 Å². The third kappa shape index (κ3) is 0.918. The highest BCUT2D eigenvalue weighted by molar-refractivity contribution is 5.88. The van der Waals surface area contributed by atoms with Crippen LogP contribution < -0.4 is 0 Å². The second-order valence-electron chi connectivity index (χ2n) is 3.93. The summed E-state index contributed by atoms with van der Waals surface area (Å²) in [6.45, 7) is 2.15. The first-order valence-corrected chi connectivity index (χ1v) is 4.86. The Bertz CT molecular complexity index is 481. The largest absolute Gasteiger partial charge is 0.0587 e. The fraction of sp³-hybridized carbons (Fsp3) is 0.231. The van der Waals surface area contributed by atoms with Gasteiger partial charge in [0.05, 0.1) is 0 Å². The summed E-state index contributed by atoms with van der Waals surface area (Å²) in [6.07, 6.45) is 2.55. The van der Waals surface area contributed by atoms with Gasteiger partial charge in [-0.3, -0.25) is 0 Å². The highest BCUT2D eigenvalue weighted by Crippen LogP contribution is 2.31. The summed E-state index contributed by atoms with van der Waals surface area (Å²) in [5.74, 6) is 0. The number of aryl methyl sites for hydroxylation is 3. The molecule has 3 rings (SSSR count). The van der Waals surface area contributed by atoms with Crippen molar-refractivity contribution in [3.8, 4) is 0 Å². The normalized spacial score (nSPS) is 13.9. The van der Waals surface area contributed by atoms with Gasteiger partial charge in [-0.1, -0.05) is 35.9 Å². The lowest BCUT2D eigenvalue weighted by atomic mass is 9.84. The maximum atomic E-state index is 2.28. The van der Waals surface area contributed by atoms with E-state index in [9.17, 15) is 0 Å². The monoisotopic (exact) mass is 168 g/mol. The van der Waals surface area contributed by atoms with Gasteiger partial charge in [-0.25, -0.2) is 0 Å². The van der Waals surface area contributed by atoms with Gasteiger partial charge >= 0.3 is 0 Å². The lowest BCUT2D eigenvalue weighted by Crippen LogP contribution is -2.08. The smallest absolute Gasteiger partial charge is 0.0149 e. The van der Waals surface area contributed by atoms with Crippen molar-refractivity contribution >= 4 is 10.8 Å². The standard InChI is InChI=1S/C13H12/c1-9-2-6-13-11(8-9)4-3-10-5-7-12(10)13/h2-4,6,8H,5,7H2,1H3. The Morgan fingerprint density at radius 3 is 2.69 bits per heavy atom. The van der Waals surface area contributed by atoms with E-state index in [4.69, 9.17) is 0 Å². The van der Waals surface area contributed by atoms with Gasteiger partial charge in [-0.05, 0) is 41.7 Å². The molecule has 0 heteroatoms. The molecule has 0 bridgehead atoms. The summed E-state index contributed by atoms with van der Waals surface area (Å²) in [7, 11) is 0. The van der Waals surface area contributed by atoms with E-state index in [2.05, 4.69) is 37.3 Å². The Balaban J connectivity index is 2.43. The molecule has 0 heterocycles. The van der Waals surface area contributed by atoms with Crippen molar-refractivity contribution in [2.75, 3.05) is 0 Å². The molecule has 13 heavy (non-hydrogen) atoms. The first-order valence-electron chi connectivity index (χ1n) is 4.86. The fourth-order valence-electron chi connectivity index (χ4n) is 2.17. The molecule has 64 valence electrons. The van der Waals surface area contributed by atoms with E-state index in [0.717, 1.165) is 0 Å². The van der Waals surface area contributed by atoms with Crippen LogP contribution in [0.25, 0.3) is 10.8 Å². The van der Waals surface area contributed by atoms with Gasteiger partial charge in [-0.2, -0.15) is 0 Å². The Hall–Kier alpha value is -1.30. The van der Waals surface area contributed by atoms with Gasteiger partial charge in [0.25, 0.3) is 0 Å². The first kappa shape index (κ1) is 7.14. The highest BCUT2D eigenvalue weighted by atomic mass is 14.2. The van der Waals surface area contributed by atoms with Crippen molar-refractivity contribution in [1.29, 1.82) is 0 Å². The molecule has 1 aliphatic carbocycles. The second kappa shape index (κ2) is 2.35. The zero-order valence-electron chi connectivity index (χ0n) is 7.80. The van der Waals surface area contributed by atoms with Crippen molar-refractivity contribution < 1.29 is 0 Å². The SMILES string of the molecule is Cc1ccc2c3c(ccc2c1)CC3. The Kier molecular flexibility index (Phi) is 1.29. The van der Waals surface area contributed by atoms with Gasteiger partial charge in [0.1, 0.15) is 0 Å². The molecule has 0 nitrogen and oxygen atoms in total. The van der Waals surface area contributed by atoms with Crippen LogP contribution in [0, 0.1) is 6.92 Å². The van der Waals surface area contributed by atoms with Gasteiger partial charge in [0.15, 0.2) is 0 Å². The molecule has 1 aliphatic rings. The molecule has 0 spiro atoms. The lowest BCUT2D eigenvalue weighted by molar-refractivity contribution is 0.852. The Morgan fingerprint density at radius 2 is 1.92 bits per heavy atom. The van der Waals surface area contributed by atoms with Crippen LogP contribution in [0.5, 0.6) is 0 Å². The van der Waals surface area contributed by atoms with Gasteiger partial charge in [-0.15, -0.1) is 0 Å².